The third-order valence-electron chi connectivity index (χ3n) is 2.68. The predicted molar refractivity (Wildman–Crippen MR) is 70.5 cm³/mol. The van der Waals surface area contributed by atoms with Gasteiger partial charge in [0.1, 0.15) is 0 Å². The monoisotopic (exact) mass is 263 g/mol. The first-order chi connectivity index (χ1) is 8.56. The highest BCUT2D eigenvalue weighted by atomic mass is 35.5. The number of rotatable bonds is 3. The highest BCUT2D eigenvalue weighted by molar-refractivity contribution is 6.30. The Morgan fingerprint density at radius 2 is 2.06 bits per heavy atom. The predicted octanol–water partition coefficient (Wildman–Crippen LogP) is 2.56. The van der Waals surface area contributed by atoms with Crippen LogP contribution in [0.1, 0.15) is 28.9 Å². The maximum absolute atomic E-state index is 11.9. The van der Waals surface area contributed by atoms with E-state index in [9.17, 15) is 4.79 Å². The largest absolute Gasteiger partial charge is 0.345 e. The van der Waals surface area contributed by atoms with Gasteiger partial charge in [0.2, 0.25) is 0 Å². The van der Waals surface area contributed by atoms with Crippen LogP contribution in [0.4, 0.5) is 0 Å². The lowest BCUT2D eigenvalue weighted by Gasteiger charge is -2.13. The van der Waals surface area contributed by atoms with Crippen molar-refractivity contribution in [1.29, 1.82) is 0 Å². The van der Waals surface area contributed by atoms with Gasteiger partial charge in [-0.25, -0.2) is 0 Å². The zero-order valence-corrected chi connectivity index (χ0v) is 11.0. The minimum Gasteiger partial charge on any atom is -0.345 e. The Morgan fingerprint density at radius 3 is 2.61 bits per heavy atom. The molecular formula is C13H14ClN3O. The topological polar surface area (TPSA) is 46.9 Å². The van der Waals surface area contributed by atoms with Gasteiger partial charge in [-0.2, -0.15) is 5.10 Å². The van der Waals surface area contributed by atoms with Crippen LogP contribution in [0.2, 0.25) is 5.02 Å². The normalized spacial score (nSPS) is 12.2. The lowest BCUT2D eigenvalue weighted by molar-refractivity contribution is 0.0940. The highest BCUT2D eigenvalue weighted by Crippen LogP contribution is 2.16. The number of amides is 1. The van der Waals surface area contributed by atoms with Gasteiger partial charge in [0.15, 0.2) is 0 Å². The van der Waals surface area contributed by atoms with Crippen LogP contribution >= 0.6 is 11.6 Å². The number of carbonyl (C=O) groups excluding carboxylic acids is 1. The zero-order chi connectivity index (χ0) is 13.1. The van der Waals surface area contributed by atoms with Crippen LogP contribution in [0.5, 0.6) is 0 Å². The lowest BCUT2D eigenvalue weighted by Crippen LogP contribution is -2.26. The van der Waals surface area contributed by atoms with Crippen molar-refractivity contribution in [3.05, 3.63) is 52.8 Å². The summed E-state index contributed by atoms with van der Waals surface area (Å²) in [5.74, 6) is -0.134. The standard InChI is InChI=1S/C13H14ClN3O/c1-9(10-3-5-12(14)6-4-10)16-13(18)11-7-15-17(2)8-11/h3-9H,1-2H3,(H,16,18)/t9-/m1/s1. The molecule has 0 spiro atoms. The van der Waals surface area contributed by atoms with Gasteiger partial charge < -0.3 is 5.32 Å². The van der Waals surface area contributed by atoms with Crippen LogP contribution < -0.4 is 5.32 Å². The van der Waals surface area contributed by atoms with Crippen molar-refractivity contribution >= 4 is 17.5 Å². The van der Waals surface area contributed by atoms with Gasteiger partial charge in [0, 0.05) is 18.3 Å². The molecule has 1 N–H and O–H groups in total. The molecule has 1 atom stereocenters. The van der Waals surface area contributed by atoms with Gasteiger partial charge in [-0.3, -0.25) is 9.48 Å². The van der Waals surface area contributed by atoms with E-state index < -0.39 is 0 Å². The van der Waals surface area contributed by atoms with Crippen molar-refractivity contribution < 1.29 is 4.79 Å². The Balaban J connectivity index is 2.05. The molecule has 0 aliphatic rings. The summed E-state index contributed by atoms with van der Waals surface area (Å²) in [6.45, 7) is 1.93. The number of hydrogen-bond donors (Lipinski definition) is 1. The Hall–Kier alpha value is -1.81. The number of benzene rings is 1. The second kappa shape index (κ2) is 5.23. The molecule has 94 valence electrons. The highest BCUT2D eigenvalue weighted by Gasteiger charge is 2.12. The van der Waals surface area contributed by atoms with Gasteiger partial charge in [-0.05, 0) is 24.6 Å². The first-order valence-corrected chi connectivity index (χ1v) is 5.99. The second-order valence-corrected chi connectivity index (χ2v) is 4.59. The quantitative estimate of drug-likeness (QED) is 0.925. The minimum atomic E-state index is -0.134. The van der Waals surface area contributed by atoms with Crippen molar-refractivity contribution in [1.82, 2.24) is 15.1 Å². The van der Waals surface area contributed by atoms with Crippen molar-refractivity contribution in [2.45, 2.75) is 13.0 Å². The van der Waals surface area contributed by atoms with Gasteiger partial charge in [-0.15, -0.1) is 0 Å². The maximum Gasteiger partial charge on any atom is 0.254 e. The first-order valence-electron chi connectivity index (χ1n) is 5.61. The average molecular weight is 264 g/mol. The third kappa shape index (κ3) is 2.90. The van der Waals surface area contributed by atoms with Crippen molar-refractivity contribution in [3.8, 4) is 0 Å². The summed E-state index contributed by atoms with van der Waals surface area (Å²) in [5.41, 5.74) is 1.56. The van der Waals surface area contributed by atoms with Crippen molar-refractivity contribution in [2.75, 3.05) is 0 Å². The number of nitrogens with zero attached hydrogens (tertiary/aromatic N) is 2. The first kappa shape index (κ1) is 12.6. The summed E-state index contributed by atoms with van der Waals surface area (Å²) in [7, 11) is 1.78. The summed E-state index contributed by atoms with van der Waals surface area (Å²) < 4.78 is 1.60. The van der Waals surface area contributed by atoms with Gasteiger partial charge in [-0.1, -0.05) is 23.7 Å². The van der Waals surface area contributed by atoms with Crippen molar-refractivity contribution in [2.24, 2.45) is 7.05 Å². The van der Waals surface area contributed by atoms with E-state index >= 15 is 0 Å². The van der Waals surface area contributed by atoms with Gasteiger partial charge in [0.25, 0.3) is 5.91 Å². The molecule has 2 aromatic rings. The number of carbonyl (C=O) groups is 1. The van der Waals surface area contributed by atoms with E-state index in [0.29, 0.717) is 10.6 Å². The van der Waals surface area contributed by atoms with Crippen LogP contribution in [0, 0.1) is 0 Å². The van der Waals surface area contributed by atoms with E-state index in [4.69, 9.17) is 11.6 Å². The van der Waals surface area contributed by atoms with Crippen LogP contribution in [0.15, 0.2) is 36.7 Å². The molecule has 1 amide bonds. The summed E-state index contributed by atoms with van der Waals surface area (Å²) in [6, 6.07) is 7.34. The molecule has 0 unspecified atom stereocenters. The van der Waals surface area contributed by atoms with Gasteiger partial charge in [0.05, 0.1) is 17.8 Å². The van der Waals surface area contributed by atoms with Crippen LogP contribution in [0.25, 0.3) is 0 Å². The van der Waals surface area contributed by atoms with E-state index in [1.54, 1.807) is 24.1 Å². The molecule has 0 bridgehead atoms. The van der Waals surface area contributed by atoms with Crippen molar-refractivity contribution in [3.63, 3.8) is 0 Å². The number of hydrogen-bond acceptors (Lipinski definition) is 2. The molecule has 1 aromatic heterocycles. The summed E-state index contributed by atoms with van der Waals surface area (Å²) >= 11 is 5.82. The Bertz CT molecular complexity index is 548. The van der Waals surface area contributed by atoms with E-state index in [1.165, 1.54) is 0 Å². The molecular weight excluding hydrogens is 250 g/mol. The minimum absolute atomic E-state index is 0.0741. The second-order valence-electron chi connectivity index (χ2n) is 4.15. The Labute approximate surface area is 111 Å². The van der Waals surface area contributed by atoms with E-state index in [1.807, 2.05) is 31.2 Å². The molecule has 18 heavy (non-hydrogen) atoms. The average Bonchev–Trinajstić information content (AvgIpc) is 2.76. The molecule has 2 rings (SSSR count). The number of halogens is 1. The molecule has 0 aliphatic heterocycles. The molecule has 0 saturated heterocycles. The zero-order valence-electron chi connectivity index (χ0n) is 10.2. The van der Waals surface area contributed by atoms with Gasteiger partial charge >= 0.3 is 0 Å². The maximum atomic E-state index is 11.9. The summed E-state index contributed by atoms with van der Waals surface area (Å²) in [5, 5.41) is 7.56. The Morgan fingerprint density at radius 1 is 1.39 bits per heavy atom. The molecule has 5 heteroatoms. The summed E-state index contributed by atoms with van der Waals surface area (Å²) in [6.07, 6.45) is 3.23. The van der Waals surface area contributed by atoms with E-state index in [-0.39, 0.29) is 11.9 Å². The van der Waals surface area contributed by atoms with E-state index in [0.717, 1.165) is 5.56 Å². The molecule has 0 fully saturated rings. The number of aromatic nitrogens is 2. The smallest absolute Gasteiger partial charge is 0.254 e. The van der Waals surface area contributed by atoms with Crippen LogP contribution in [-0.4, -0.2) is 15.7 Å². The fraction of sp³-hybridized carbons (Fsp3) is 0.231. The molecule has 0 saturated carbocycles. The lowest BCUT2D eigenvalue weighted by atomic mass is 10.1. The molecule has 1 aromatic carbocycles. The SMILES string of the molecule is C[C@@H](NC(=O)c1cnn(C)c1)c1ccc(Cl)cc1. The fourth-order valence-corrected chi connectivity index (χ4v) is 1.78. The summed E-state index contributed by atoms with van der Waals surface area (Å²) in [4.78, 5) is 11.9. The van der Waals surface area contributed by atoms with Crippen LogP contribution in [0.3, 0.4) is 0 Å². The molecule has 0 aliphatic carbocycles. The number of nitrogens with one attached hydrogen (secondary N) is 1. The fourth-order valence-electron chi connectivity index (χ4n) is 1.65. The molecule has 1 heterocycles. The van der Waals surface area contributed by atoms with E-state index in [2.05, 4.69) is 10.4 Å². The number of aryl methyl sites for hydroxylation is 1. The molecule has 0 radical (unpaired) electrons. The third-order valence-corrected chi connectivity index (χ3v) is 2.94. The molecule has 4 nitrogen and oxygen atoms in total. The van der Waals surface area contributed by atoms with Crippen LogP contribution in [-0.2, 0) is 7.05 Å². The Kier molecular flexibility index (Phi) is 3.67.